The number of carbonyl (C=O) groups is 3. The number of fused-ring (bicyclic) bond motifs is 3. The van der Waals surface area contributed by atoms with Gasteiger partial charge in [0.2, 0.25) is 5.91 Å². The molecule has 218 valence electrons. The molecular formula is C29H27ClF2N6O4. The van der Waals surface area contributed by atoms with Gasteiger partial charge in [0.15, 0.2) is 0 Å². The summed E-state index contributed by atoms with van der Waals surface area (Å²) in [6.07, 6.45) is 0.356. The molecule has 1 N–H and O–H groups in total. The molecule has 3 heterocycles. The first-order chi connectivity index (χ1) is 20.0. The molecule has 0 aliphatic carbocycles. The van der Waals surface area contributed by atoms with Gasteiger partial charge in [-0.2, -0.15) is 19.1 Å². The zero-order chi connectivity index (χ0) is 30.3. The molecular weight excluding hydrogens is 570 g/mol. The predicted octanol–water partition coefficient (Wildman–Crippen LogP) is 4.10. The number of halogens is 3. The van der Waals surface area contributed by atoms with Crippen LogP contribution in [0.4, 0.5) is 8.78 Å². The van der Waals surface area contributed by atoms with Crippen LogP contribution in [-0.4, -0.2) is 63.5 Å². The SMILES string of the molecule is CNC(=O)C1CN(C(C)c2ccc(OC(F)F)cc2)C(=O)c2c3c(nn21)C[C@@H](C)N(C(=O)c1ccc(Cl)c(C#N)c1)C3. The third-order valence-electron chi connectivity index (χ3n) is 7.77. The highest BCUT2D eigenvalue weighted by atomic mass is 35.5. The van der Waals surface area contributed by atoms with Gasteiger partial charge in [-0.05, 0) is 49.7 Å². The Morgan fingerprint density at radius 3 is 2.57 bits per heavy atom. The molecule has 5 rings (SSSR count). The summed E-state index contributed by atoms with van der Waals surface area (Å²) in [5.74, 6) is -1.05. The summed E-state index contributed by atoms with van der Waals surface area (Å²) in [7, 11) is 1.50. The lowest BCUT2D eigenvalue weighted by molar-refractivity contribution is -0.125. The van der Waals surface area contributed by atoms with Gasteiger partial charge in [0.05, 0.1) is 35.4 Å². The number of hydrogen-bond donors (Lipinski definition) is 1. The summed E-state index contributed by atoms with van der Waals surface area (Å²) < 4.78 is 31.1. The molecule has 10 nitrogen and oxygen atoms in total. The fourth-order valence-corrected chi connectivity index (χ4v) is 5.64. The summed E-state index contributed by atoms with van der Waals surface area (Å²) in [6, 6.07) is 10.8. The maximum atomic E-state index is 14.0. The van der Waals surface area contributed by atoms with Gasteiger partial charge in [-0.25, -0.2) is 4.68 Å². The number of benzene rings is 2. The van der Waals surface area contributed by atoms with Crippen LogP contribution < -0.4 is 10.1 Å². The Labute approximate surface area is 245 Å². The maximum Gasteiger partial charge on any atom is 0.387 e. The Bertz CT molecular complexity index is 1600. The van der Waals surface area contributed by atoms with Crippen LogP contribution in [0.15, 0.2) is 42.5 Å². The van der Waals surface area contributed by atoms with Gasteiger partial charge < -0.3 is 19.9 Å². The van der Waals surface area contributed by atoms with E-state index in [9.17, 15) is 28.4 Å². The summed E-state index contributed by atoms with van der Waals surface area (Å²) >= 11 is 6.06. The highest BCUT2D eigenvalue weighted by Crippen LogP contribution is 2.36. The van der Waals surface area contributed by atoms with Crippen molar-refractivity contribution >= 4 is 29.3 Å². The van der Waals surface area contributed by atoms with Crippen LogP contribution in [-0.2, 0) is 17.8 Å². The largest absolute Gasteiger partial charge is 0.435 e. The summed E-state index contributed by atoms with van der Waals surface area (Å²) in [4.78, 5) is 43.8. The summed E-state index contributed by atoms with van der Waals surface area (Å²) in [5, 5.41) is 16.9. The standard InChI is InChI=1S/C29H27ClF2N6O4/c1-15-10-23-21(13-36(15)27(40)18-6-9-22(30)19(11-18)12-33)25-28(41)37(14-24(26(39)34-3)38(25)35-23)16(2)17-4-7-20(8-5-17)42-29(31)32/h4-9,11,15-16,24,29H,10,13-14H2,1-3H3,(H,34,39)/t15-,16?,24?/m1/s1. The van der Waals surface area contributed by atoms with Gasteiger partial charge in [0, 0.05) is 30.6 Å². The Morgan fingerprint density at radius 1 is 1.21 bits per heavy atom. The predicted molar refractivity (Wildman–Crippen MR) is 147 cm³/mol. The highest BCUT2D eigenvalue weighted by molar-refractivity contribution is 6.31. The second-order valence-electron chi connectivity index (χ2n) is 10.2. The quantitative estimate of drug-likeness (QED) is 0.457. The Balaban J connectivity index is 1.50. The third-order valence-corrected chi connectivity index (χ3v) is 8.10. The average molecular weight is 597 g/mol. The van der Waals surface area contributed by atoms with Crippen molar-refractivity contribution in [2.45, 2.75) is 51.6 Å². The normalized spacial score (nSPS) is 18.7. The molecule has 2 aliphatic rings. The molecule has 42 heavy (non-hydrogen) atoms. The second kappa shape index (κ2) is 11.4. The maximum absolute atomic E-state index is 14.0. The number of nitriles is 1. The van der Waals surface area contributed by atoms with Crippen LogP contribution in [0.3, 0.4) is 0 Å². The van der Waals surface area contributed by atoms with E-state index in [0.717, 1.165) is 0 Å². The van der Waals surface area contributed by atoms with Crippen LogP contribution >= 0.6 is 11.6 Å². The Hall–Kier alpha value is -4.50. The second-order valence-corrected chi connectivity index (χ2v) is 10.6. The molecule has 2 aromatic carbocycles. The van der Waals surface area contributed by atoms with E-state index in [-0.39, 0.29) is 64.4 Å². The number of hydrogen-bond acceptors (Lipinski definition) is 6. The molecule has 0 saturated carbocycles. The van der Waals surface area contributed by atoms with Crippen LogP contribution in [0.5, 0.6) is 5.75 Å². The number of carbonyl (C=O) groups excluding carboxylic acids is 3. The zero-order valence-electron chi connectivity index (χ0n) is 23.0. The Kier molecular flexibility index (Phi) is 7.88. The lowest BCUT2D eigenvalue weighted by Crippen LogP contribution is -2.49. The van der Waals surface area contributed by atoms with Crippen molar-refractivity contribution in [1.82, 2.24) is 24.9 Å². The molecule has 0 radical (unpaired) electrons. The van der Waals surface area contributed by atoms with Crippen LogP contribution in [0.1, 0.15) is 69.2 Å². The van der Waals surface area contributed by atoms with E-state index in [4.69, 9.17) is 11.6 Å². The van der Waals surface area contributed by atoms with Crippen molar-refractivity contribution in [3.63, 3.8) is 0 Å². The van der Waals surface area contributed by atoms with Gasteiger partial charge in [0.25, 0.3) is 11.8 Å². The molecule has 0 fully saturated rings. The van der Waals surface area contributed by atoms with E-state index >= 15 is 0 Å². The number of alkyl halides is 2. The summed E-state index contributed by atoms with van der Waals surface area (Å²) in [5.41, 5.74) is 2.51. The summed E-state index contributed by atoms with van der Waals surface area (Å²) in [6.45, 7) is 0.796. The molecule has 1 aromatic heterocycles. The first kappa shape index (κ1) is 29.0. The number of ether oxygens (including phenoxy) is 1. The molecule has 3 amide bonds. The minimum Gasteiger partial charge on any atom is -0.435 e. The van der Waals surface area contributed by atoms with E-state index in [1.54, 1.807) is 34.9 Å². The van der Waals surface area contributed by atoms with Crippen molar-refractivity contribution < 1.29 is 27.9 Å². The lowest BCUT2D eigenvalue weighted by atomic mass is 9.96. The fourth-order valence-electron chi connectivity index (χ4n) is 5.48. The zero-order valence-corrected chi connectivity index (χ0v) is 23.7. The number of nitrogens with zero attached hydrogens (tertiary/aromatic N) is 5. The number of amides is 3. The van der Waals surface area contributed by atoms with Crippen LogP contribution in [0.25, 0.3) is 0 Å². The molecule has 3 aromatic rings. The van der Waals surface area contributed by atoms with Gasteiger partial charge >= 0.3 is 6.61 Å². The van der Waals surface area contributed by atoms with E-state index in [0.29, 0.717) is 23.2 Å². The first-order valence-corrected chi connectivity index (χ1v) is 13.6. The van der Waals surface area contributed by atoms with Crippen molar-refractivity contribution in [2.24, 2.45) is 0 Å². The molecule has 0 spiro atoms. The van der Waals surface area contributed by atoms with Crippen LogP contribution in [0, 0.1) is 11.3 Å². The molecule has 3 atom stereocenters. The van der Waals surface area contributed by atoms with Crippen molar-refractivity contribution in [2.75, 3.05) is 13.6 Å². The van der Waals surface area contributed by atoms with Crippen molar-refractivity contribution in [1.29, 1.82) is 5.26 Å². The monoisotopic (exact) mass is 596 g/mol. The van der Waals surface area contributed by atoms with E-state index < -0.39 is 18.7 Å². The average Bonchev–Trinajstić information content (AvgIpc) is 3.34. The minimum atomic E-state index is -2.96. The first-order valence-electron chi connectivity index (χ1n) is 13.2. The van der Waals surface area contributed by atoms with Crippen molar-refractivity contribution in [3.05, 3.63) is 81.1 Å². The minimum absolute atomic E-state index is 0.0113. The van der Waals surface area contributed by atoms with Gasteiger partial charge in [-0.1, -0.05) is 23.7 Å². The smallest absolute Gasteiger partial charge is 0.387 e. The van der Waals surface area contributed by atoms with Gasteiger partial charge in [0.1, 0.15) is 23.6 Å². The number of nitrogens with one attached hydrogen (secondary N) is 1. The van der Waals surface area contributed by atoms with E-state index in [1.165, 1.54) is 36.0 Å². The van der Waals surface area contributed by atoms with Gasteiger partial charge in [-0.15, -0.1) is 0 Å². The molecule has 2 unspecified atom stereocenters. The third kappa shape index (κ3) is 5.16. The topological polar surface area (TPSA) is 121 Å². The molecule has 0 bridgehead atoms. The molecule has 13 heteroatoms. The van der Waals surface area contributed by atoms with E-state index in [2.05, 4.69) is 15.2 Å². The molecule has 2 aliphatic heterocycles. The fraction of sp³-hybridized carbons (Fsp3) is 0.345. The van der Waals surface area contributed by atoms with E-state index in [1.807, 2.05) is 13.0 Å². The molecule has 0 saturated heterocycles. The number of rotatable bonds is 6. The van der Waals surface area contributed by atoms with Crippen LogP contribution in [0.2, 0.25) is 5.02 Å². The Morgan fingerprint density at radius 2 is 1.93 bits per heavy atom. The number of likely N-dealkylation sites (N-methyl/N-ethyl adjacent to an activating group) is 1. The highest BCUT2D eigenvalue weighted by Gasteiger charge is 2.43. The lowest BCUT2D eigenvalue weighted by Gasteiger charge is -2.38. The number of aromatic nitrogens is 2. The van der Waals surface area contributed by atoms with Crippen molar-refractivity contribution in [3.8, 4) is 11.8 Å². The van der Waals surface area contributed by atoms with Gasteiger partial charge in [-0.3, -0.25) is 14.4 Å².